The lowest BCUT2D eigenvalue weighted by Gasteiger charge is -2.16. The number of thiazole rings is 1. The molecule has 7 heteroatoms. The molecule has 0 atom stereocenters. The first-order valence-corrected chi connectivity index (χ1v) is 10.1. The highest BCUT2D eigenvalue weighted by Crippen LogP contribution is 2.27. The number of hydrogen-bond donors (Lipinski definition) is 1. The molecule has 0 aliphatic rings. The normalized spacial score (nSPS) is 11.6. The number of benzene rings is 1. The van der Waals surface area contributed by atoms with E-state index in [2.05, 4.69) is 36.0 Å². The summed E-state index contributed by atoms with van der Waals surface area (Å²) in [6.45, 7) is 6.90. The van der Waals surface area contributed by atoms with Crippen LogP contribution >= 0.6 is 11.3 Å². The lowest BCUT2D eigenvalue weighted by molar-refractivity contribution is 0.0798. The van der Waals surface area contributed by atoms with Gasteiger partial charge in [0.05, 0.1) is 16.9 Å². The van der Waals surface area contributed by atoms with Crippen LogP contribution in [0.3, 0.4) is 0 Å². The Balaban J connectivity index is 1.53. The molecular weight excluding hydrogens is 375 g/mol. The summed E-state index contributed by atoms with van der Waals surface area (Å²) in [7, 11) is 1.81. The minimum atomic E-state index is -0.278. The predicted octanol–water partition coefficient (Wildman–Crippen LogP) is 4.67. The van der Waals surface area contributed by atoms with Gasteiger partial charge in [-0.1, -0.05) is 32.9 Å². The average Bonchev–Trinajstić information content (AvgIpc) is 3.30. The fourth-order valence-corrected chi connectivity index (χ4v) is 3.77. The molecule has 0 aliphatic heterocycles. The Morgan fingerprint density at radius 3 is 2.75 bits per heavy atom. The van der Waals surface area contributed by atoms with Gasteiger partial charge in [0.15, 0.2) is 0 Å². The summed E-state index contributed by atoms with van der Waals surface area (Å²) in [6, 6.07) is 8.31. The Hall–Kier alpha value is -2.54. The quantitative estimate of drug-likeness (QED) is 0.654. The summed E-state index contributed by atoms with van der Waals surface area (Å²) in [4.78, 5) is 19.4. The van der Waals surface area contributed by atoms with E-state index in [0.717, 1.165) is 34.8 Å². The highest BCUT2D eigenvalue weighted by molar-refractivity contribution is 7.13. The number of rotatable bonds is 6. The summed E-state index contributed by atoms with van der Waals surface area (Å²) >= 11 is 1.46. The molecule has 5 nitrogen and oxygen atoms in total. The van der Waals surface area contributed by atoms with E-state index in [0.29, 0.717) is 11.4 Å². The third-order valence-electron chi connectivity index (χ3n) is 4.40. The predicted molar refractivity (Wildman–Crippen MR) is 110 cm³/mol. The van der Waals surface area contributed by atoms with Gasteiger partial charge in [0.25, 0.3) is 5.91 Å². The Kier molecular flexibility index (Phi) is 5.93. The number of amides is 1. The Morgan fingerprint density at radius 2 is 2.07 bits per heavy atom. The van der Waals surface area contributed by atoms with Gasteiger partial charge in [0, 0.05) is 30.3 Å². The van der Waals surface area contributed by atoms with Gasteiger partial charge in [-0.15, -0.1) is 11.3 Å². The van der Waals surface area contributed by atoms with Crippen molar-refractivity contribution in [3.63, 3.8) is 0 Å². The first-order chi connectivity index (χ1) is 13.2. The van der Waals surface area contributed by atoms with Crippen molar-refractivity contribution in [3.05, 3.63) is 57.9 Å². The van der Waals surface area contributed by atoms with E-state index < -0.39 is 0 Å². The van der Waals surface area contributed by atoms with Crippen LogP contribution in [0.15, 0.2) is 36.5 Å². The molecule has 148 valence electrons. The van der Waals surface area contributed by atoms with E-state index in [4.69, 9.17) is 0 Å². The zero-order valence-corrected chi connectivity index (χ0v) is 17.4. The van der Waals surface area contributed by atoms with Gasteiger partial charge in [-0.3, -0.25) is 9.89 Å². The molecule has 2 heterocycles. The number of halogens is 1. The summed E-state index contributed by atoms with van der Waals surface area (Å²) in [5.41, 5.74) is 2.38. The molecule has 1 amide bonds. The van der Waals surface area contributed by atoms with Gasteiger partial charge in [-0.05, 0) is 31.0 Å². The van der Waals surface area contributed by atoms with Crippen molar-refractivity contribution in [1.29, 1.82) is 0 Å². The Labute approximate surface area is 168 Å². The zero-order valence-electron chi connectivity index (χ0n) is 16.6. The number of nitrogens with one attached hydrogen (secondary N) is 1. The van der Waals surface area contributed by atoms with Gasteiger partial charge in [0.2, 0.25) is 0 Å². The third-order valence-corrected chi connectivity index (χ3v) is 5.81. The van der Waals surface area contributed by atoms with E-state index in [1.54, 1.807) is 17.2 Å². The van der Waals surface area contributed by atoms with Crippen LogP contribution in [-0.4, -0.2) is 39.6 Å². The van der Waals surface area contributed by atoms with Crippen LogP contribution in [0.25, 0.3) is 11.3 Å². The molecule has 3 rings (SSSR count). The molecule has 0 fully saturated rings. The molecule has 2 aromatic heterocycles. The van der Waals surface area contributed by atoms with E-state index in [9.17, 15) is 9.18 Å². The second-order valence-corrected chi connectivity index (χ2v) is 8.93. The molecule has 0 radical (unpaired) electrons. The van der Waals surface area contributed by atoms with E-state index in [1.165, 1.54) is 23.5 Å². The van der Waals surface area contributed by atoms with Crippen LogP contribution in [0.2, 0.25) is 0 Å². The summed E-state index contributed by atoms with van der Waals surface area (Å²) in [5, 5.41) is 8.21. The van der Waals surface area contributed by atoms with Crippen LogP contribution in [-0.2, 0) is 11.8 Å². The zero-order chi connectivity index (χ0) is 20.3. The third kappa shape index (κ3) is 4.84. The molecule has 0 saturated carbocycles. The first kappa shape index (κ1) is 20.2. The van der Waals surface area contributed by atoms with Crippen LogP contribution in [0.4, 0.5) is 4.39 Å². The van der Waals surface area contributed by atoms with Crippen molar-refractivity contribution in [2.24, 2.45) is 0 Å². The summed E-state index contributed by atoms with van der Waals surface area (Å²) < 4.78 is 13.4. The van der Waals surface area contributed by atoms with Gasteiger partial charge in [0.1, 0.15) is 10.7 Å². The molecule has 0 unspecified atom stereocenters. The van der Waals surface area contributed by atoms with Crippen molar-refractivity contribution >= 4 is 17.2 Å². The van der Waals surface area contributed by atoms with Crippen molar-refractivity contribution in [1.82, 2.24) is 20.1 Å². The molecule has 1 aromatic carbocycles. The Bertz CT molecular complexity index is 957. The molecule has 28 heavy (non-hydrogen) atoms. The maximum Gasteiger partial charge on any atom is 0.265 e. The summed E-state index contributed by atoms with van der Waals surface area (Å²) in [6.07, 6.45) is 3.23. The van der Waals surface area contributed by atoms with E-state index in [1.807, 2.05) is 19.2 Å². The Morgan fingerprint density at radius 1 is 1.29 bits per heavy atom. The number of nitrogens with zero attached hydrogens (tertiary/aromatic N) is 3. The second kappa shape index (κ2) is 8.22. The molecule has 0 aliphatic carbocycles. The van der Waals surface area contributed by atoms with Crippen molar-refractivity contribution in [3.8, 4) is 11.3 Å². The molecule has 0 saturated heterocycles. The van der Waals surface area contributed by atoms with Crippen molar-refractivity contribution < 1.29 is 9.18 Å². The number of aromatic amines is 1. The topological polar surface area (TPSA) is 61.9 Å². The number of aryl methyl sites for hydroxylation is 1. The summed E-state index contributed by atoms with van der Waals surface area (Å²) in [5.74, 6) is -0.280. The van der Waals surface area contributed by atoms with E-state index >= 15 is 0 Å². The number of carbonyl (C=O) groups is 1. The van der Waals surface area contributed by atoms with Crippen LogP contribution < -0.4 is 0 Å². The van der Waals surface area contributed by atoms with Gasteiger partial charge >= 0.3 is 0 Å². The highest BCUT2D eigenvalue weighted by atomic mass is 32.1. The van der Waals surface area contributed by atoms with Crippen molar-refractivity contribution in [2.45, 2.75) is 39.0 Å². The number of aromatic nitrogens is 3. The molecule has 1 N–H and O–H groups in total. The van der Waals surface area contributed by atoms with Gasteiger partial charge in [-0.2, -0.15) is 5.10 Å². The lowest BCUT2D eigenvalue weighted by atomic mass is 9.98. The van der Waals surface area contributed by atoms with Crippen LogP contribution in [0, 0.1) is 5.82 Å². The monoisotopic (exact) mass is 400 g/mol. The molecular formula is C21H25FN4OS. The SMILES string of the molecule is CN(CCCc1cc(-c2cccc(F)c2)n[nH]1)C(=O)c1cnc(C(C)(C)C)s1. The minimum Gasteiger partial charge on any atom is -0.341 e. The fourth-order valence-electron chi connectivity index (χ4n) is 2.80. The number of H-pyrrole nitrogens is 1. The van der Waals surface area contributed by atoms with E-state index in [-0.39, 0.29) is 17.1 Å². The maximum atomic E-state index is 13.4. The van der Waals surface area contributed by atoms with Gasteiger partial charge in [-0.25, -0.2) is 9.37 Å². The number of carbonyl (C=O) groups excluding carboxylic acids is 1. The fraction of sp³-hybridized carbons (Fsp3) is 0.381. The minimum absolute atomic E-state index is 0.00180. The van der Waals surface area contributed by atoms with Crippen LogP contribution in [0.5, 0.6) is 0 Å². The largest absolute Gasteiger partial charge is 0.341 e. The highest BCUT2D eigenvalue weighted by Gasteiger charge is 2.21. The molecule has 3 aromatic rings. The molecule has 0 bridgehead atoms. The average molecular weight is 401 g/mol. The first-order valence-electron chi connectivity index (χ1n) is 9.26. The second-order valence-electron chi connectivity index (χ2n) is 7.90. The smallest absolute Gasteiger partial charge is 0.265 e. The molecule has 0 spiro atoms. The van der Waals surface area contributed by atoms with Crippen molar-refractivity contribution in [2.75, 3.05) is 13.6 Å². The number of hydrogen-bond acceptors (Lipinski definition) is 4. The standard InChI is InChI=1S/C21H25FN4OS/c1-21(2,3)20-23-13-18(28-20)19(27)26(4)10-6-9-16-12-17(25-24-16)14-7-5-8-15(22)11-14/h5,7-8,11-13H,6,9-10H2,1-4H3,(H,24,25). The lowest BCUT2D eigenvalue weighted by Crippen LogP contribution is -2.27. The van der Waals surface area contributed by atoms with Gasteiger partial charge < -0.3 is 4.90 Å². The maximum absolute atomic E-state index is 13.4. The van der Waals surface area contributed by atoms with Crippen LogP contribution in [0.1, 0.15) is 47.6 Å².